The van der Waals surface area contributed by atoms with Gasteiger partial charge in [0.05, 0.1) is 0 Å². The van der Waals surface area contributed by atoms with Crippen LogP contribution < -0.4 is 38.1 Å². The lowest BCUT2D eigenvalue weighted by atomic mass is 10.0. The van der Waals surface area contributed by atoms with Crippen LogP contribution in [0.1, 0.15) is 50.3 Å². The molecule has 0 unspecified atom stereocenters. The number of nitrogens with two attached hydrogens (primary N) is 2. The second kappa shape index (κ2) is 19.6. The lowest BCUT2D eigenvalue weighted by Crippen LogP contribution is -2.59. The Bertz CT molecular complexity index is 1930. The third-order valence-electron chi connectivity index (χ3n) is 8.58. The number of carbonyl (C=O) groups excluding carboxylic acids is 5. The highest BCUT2D eigenvalue weighted by atomic mass is 16.6. The maximum Gasteiger partial charge on any atom is 0.408 e. The molecule has 1 heterocycles. The standard InChI is InChI=1S/C40H51N9O6/c1-40(2,3)55-39(54)49-33(22-26-15-8-5-9-16-26)37(53)46-30(19-12-20-44-38(42)43)35(51)48-32(21-25-13-6-4-7-14-25)36(52)47-31(34(41)50)23-27-24-45-29-18-11-10-17-28(27)29/h4-11,13-18,24,30-33,45H,12,19-23H2,1-3H3,(H2,41,50)(H,46,53)(H,47,52)(H,48,51)(H,49,54)(H4,42,43,44)/t30-,31+,32+,33+/m1/s1. The summed E-state index contributed by atoms with van der Waals surface area (Å²) in [4.78, 5) is 70.7. The molecule has 0 fully saturated rings. The molecule has 55 heavy (non-hydrogen) atoms. The first-order valence-corrected chi connectivity index (χ1v) is 18.1. The normalized spacial score (nSPS) is 13.4. The molecule has 5 amide bonds. The van der Waals surface area contributed by atoms with Crippen LogP contribution in [-0.2, 0) is 43.2 Å². The first-order chi connectivity index (χ1) is 26.2. The van der Waals surface area contributed by atoms with E-state index in [-0.39, 0.29) is 38.2 Å². The average Bonchev–Trinajstić information content (AvgIpc) is 3.54. The largest absolute Gasteiger partial charge is 0.444 e. The quantitative estimate of drug-likeness (QED) is 0.0414. The van der Waals surface area contributed by atoms with Gasteiger partial charge >= 0.3 is 6.09 Å². The summed E-state index contributed by atoms with van der Waals surface area (Å²) in [5, 5.41) is 22.0. The van der Waals surface area contributed by atoms with Crippen LogP contribution in [-0.4, -0.2) is 77.0 Å². The van der Waals surface area contributed by atoms with Crippen molar-refractivity contribution in [3.63, 3.8) is 0 Å². The fraction of sp³-hybridized carbons (Fsp3) is 0.350. The molecule has 0 saturated heterocycles. The first-order valence-electron chi connectivity index (χ1n) is 18.1. The SMILES string of the molecule is CC(C)(C)OC(=O)N[C@@H](Cc1ccccc1)C(=O)N[C@H](CCCNC(=N)N)C(=O)N[C@@H](Cc1ccccc1)C(=O)N[C@@H](Cc1c[nH]c2ccccc12)C(N)=O. The molecule has 4 aromatic rings. The van der Waals surface area contributed by atoms with E-state index in [1.807, 2.05) is 36.4 Å². The van der Waals surface area contributed by atoms with Gasteiger partial charge in [0.15, 0.2) is 5.96 Å². The third-order valence-corrected chi connectivity index (χ3v) is 8.58. The number of fused-ring (bicyclic) bond motifs is 1. The molecule has 0 aliphatic rings. The predicted molar refractivity (Wildman–Crippen MR) is 210 cm³/mol. The van der Waals surface area contributed by atoms with Crippen molar-refractivity contribution in [2.24, 2.45) is 11.5 Å². The van der Waals surface area contributed by atoms with E-state index in [2.05, 4.69) is 31.6 Å². The van der Waals surface area contributed by atoms with Crippen LogP contribution in [0.15, 0.2) is 91.1 Å². The van der Waals surface area contributed by atoms with E-state index >= 15 is 0 Å². The molecule has 4 rings (SSSR count). The molecule has 0 saturated carbocycles. The van der Waals surface area contributed by atoms with Crippen LogP contribution in [0, 0.1) is 5.41 Å². The van der Waals surface area contributed by atoms with Crippen molar-refractivity contribution in [2.45, 2.75) is 82.6 Å². The number of H-pyrrole nitrogens is 1. The Balaban J connectivity index is 1.57. The number of para-hydroxylation sites is 1. The average molecular weight is 754 g/mol. The number of rotatable bonds is 18. The number of carbonyl (C=O) groups is 5. The Morgan fingerprint density at radius 2 is 1.20 bits per heavy atom. The van der Waals surface area contributed by atoms with Crippen LogP contribution in [0.4, 0.5) is 4.79 Å². The Morgan fingerprint density at radius 3 is 1.76 bits per heavy atom. The number of ether oxygens (including phenoxy) is 1. The molecule has 0 bridgehead atoms. The smallest absolute Gasteiger partial charge is 0.408 e. The first kappa shape index (κ1) is 41.4. The van der Waals surface area contributed by atoms with Gasteiger partial charge in [-0.25, -0.2) is 4.79 Å². The monoisotopic (exact) mass is 753 g/mol. The maximum atomic E-state index is 14.1. The van der Waals surface area contributed by atoms with E-state index in [1.165, 1.54) is 0 Å². The number of benzene rings is 3. The summed E-state index contributed by atoms with van der Waals surface area (Å²) in [6.45, 7) is 5.32. The maximum absolute atomic E-state index is 14.1. The molecule has 1 aromatic heterocycles. The Morgan fingerprint density at radius 1 is 0.691 bits per heavy atom. The van der Waals surface area contributed by atoms with Gasteiger partial charge in [0.2, 0.25) is 23.6 Å². The number of primary amides is 1. The highest BCUT2D eigenvalue weighted by Gasteiger charge is 2.32. The van der Waals surface area contributed by atoms with Gasteiger partial charge in [-0.2, -0.15) is 0 Å². The minimum absolute atomic E-state index is 0.0559. The minimum atomic E-state index is -1.19. The summed E-state index contributed by atoms with van der Waals surface area (Å²) in [5.41, 5.74) is 13.5. The molecule has 0 radical (unpaired) electrons. The molecule has 15 heteroatoms. The fourth-order valence-corrected chi connectivity index (χ4v) is 5.93. The van der Waals surface area contributed by atoms with Gasteiger partial charge in [-0.1, -0.05) is 78.9 Å². The number of hydrogen-bond acceptors (Lipinski definition) is 7. The molecule has 0 aliphatic carbocycles. The fourth-order valence-electron chi connectivity index (χ4n) is 5.93. The molecule has 15 nitrogen and oxygen atoms in total. The van der Waals surface area contributed by atoms with E-state index in [9.17, 15) is 24.0 Å². The van der Waals surface area contributed by atoms with Crippen molar-refractivity contribution in [1.82, 2.24) is 31.6 Å². The van der Waals surface area contributed by atoms with Crippen LogP contribution in [0.5, 0.6) is 0 Å². The van der Waals surface area contributed by atoms with Gasteiger partial charge in [0, 0.05) is 42.9 Å². The second-order valence-corrected chi connectivity index (χ2v) is 14.2. The number of alkyl carbamates (subject to hydrolysis) is 1. The third kappa shape index (κ3) is 13.5. The van der Waals surface area contributed by atoms with Crippen LogP contribution in [0.25, 0.3) is 10.9 Å². The summed E-state index contributed by atoms with van der Waals surface area (Å²) in [6.07, 6.45) is 1.57. The zero-order chi connectivity index (χ0) is 40.0. The highest BCUT2D eigenvalue weighted by molar-refractivity contribution is 5.95. The van der Waals surface area contributed by atoms with Crippen LogP contribution in [0.3, 0.4) is 0 Å². The molecule has 0 aliphatic heterocycles. The van der Waals surface area contributed by atoms with Gasteiger partial charge in [0.1, 0.15) is 29.8 Å². The van der Waals surface area contributed by atoms with Crippen molar-refractivity contribution in [1.29, 1.82) is 5.41 Å². The number of hydrogen-bond donors (Lipinski definition) is 9. The second-order valence-electron chi connectivity index (χ2n) is 14.2. The zero-order valence-electron chi connectivity index (χ0n) is 31.3. The van der Waals surface area contributed by atoms with Crippen molar-refractivity contribution in [2.75, 3.05) is 6.54 Å². The molecular formula is C40H51N9O6. The minimum Gasteiger partial charge on any atom is -0.444 e. The number of aromatic amines is 1. The highest BCUT2D eigenvalue weighted by Crippen LogP contribution is 2.19. The molecule has 292 valence electrons. The van der Waals surface area contributed by atoms with Crippen molar-refractivity contribution in [3.05, 3.63) is 108 Å². The van der Waals surface area contributed by atoms with E-state index in [1.54, 1.807) is 75.5 Å². The summed E-state index contributed by atoms with van der Waals surface area (Å²) >= 11 is 0. The van der Waals surface area contributed by atoms with Crippen molar-refractivity contribution >= 4 is 46.6 Å². The van der Waals surface area contributed by atoms with Crippen LogP contribution >= 0.6 is 0 Å². The molecular weight excluding hydrogens is 702 g/mol. The van der Waals surface area contributed by atoms with Gasteiger partial charge < -0.3 is 47.8 Å². The number of guanidine groups is 1. The molecule has 0 spiro atoms. The summed E-state index contributed by atoms with van der Waals surface area (Å²) < 4.78 is 5.42. The summed E-state index contributed by atoms with van der Waals surface area (Å²) in [6, 6.07) is 21.0. The van der Waals surface area contributed by atoms with E-state index in [0.717, 1.165) is 27.6 Å². The van der Waals surface area contributed by atoms with E-state index in [4.69, 9.17) is 21.6 Å². The van der Waals surface area contributed by atoms with E-state index in [0.29, 0.717) is 6.42 Å². The lowest BCUT2D eigenvalue weighted by Gasteiger charge is -2.27. The number of aromatic nitrogens is 1. The van der Waals surface area contributed by atoms with Gasteiger partial charge in [-0.05, 0) is 56.4 Å². The molecule has 4 atom stereocenters. The van der Waals surface area contributed by atoms with Gasteiger partial charge in [-0.15, -0.1) is 0 Å². The van der Waals surface area contributed by atoms with Gasteiger partial charge in [-0.3, -0.25) is 24.6 Å². The Hall–Kier alpha value is -6.38. The molecule has 3 aromatic carbocycles. The Labute approximate surface area is 320 Å². The summed E-state index contributed by atoms with van der Waals surface area (Å²) in [7, 11) is 0. The van der Waals surface area contributed by atoms with Crippen molar-refractivity contribution in [3.8, 4) is 0 Å². The lowest BCUT2D eigenvalue weighted by molar-refractivity contribution is -0.133. The van der Waals surface area contributed by atoms with Crippen molar-refractivity contribution < 1.29 is 28.7 Å². The molecule has 11 N–H and O–H groups in total. The Kier molecular flexibility index (Phi) is 14.8. The summed E-state index contributed by atoms with van der Waals surface area (Å²) in [5.74, 6) is -3.02. The van der Waals surface area contributed by atoms with E-state index < -0.39 is 59.5 Å². The number of amides is 5. The van der Waals surface area contributed by atoms with Gasteiger partial charge in [0.25, 0.3) is 0 Å². The topological polar surface area (TPSA) is 246 Å². The predicted octanol–water partition coefficient (Wildman–Crippen LogP) is 2.29. The zero-order valence-corrected chi connectivity index (χ0v) is 31.3. The van der Waals surface area contributed by atoms with Crippen LogP contribution in [0.2, 0.25) is 0 Å². The number of nitrogens with one attached hydrogen (secondary N) is 7.